The maximum absolute atomic E-state index is 12.7. The fraction of sp³-hybridized carbons (Fsp3) is 0.750. The molecule has 0 bridgehead atoms. The molecule has 0 saturated heterocycles. The fourth-order valence-corrected chi connectivity index (χ4v) is 4.23. The van der Waals surface area contributed by atoms with Crippen LogP contribution >= 0.6 is 0 Å². The summed E-state index contributed by atoms with van der Waals surface area (Å²) in [6, 6.07) is -0.0238. The average molecular weight is 271 g/mol. The average Bonchev–Trinajstić information content (AvgIpc) is 3.00. The number of aryl methyl sites for hydroxylation is 2. The highest BCUT2D eigenvalue weighted by atomic mass is 32.2. The molecule has 0 aliphatic heterocycles. The van der Waals surface area contributed by atoms with E-state index in [1.54, 1.807) is 18.2 Å². The van der Waals surface area contributed by atoms with Crippen LogP contribution in [0.2, 0.25) is 0 Å². The second kappa shape index (κ2) is 4.66. The van der Waals surface area contributed by atoms with Crippen molar-refractivity contribution in [2.45, 2.75) is 51.5 Å². The summed E-state index contributed by atoms with van der Waals surface area (Å²) in [7, 11) is -3.43. The molecule has 0 unspecified atom stereocenters. The first-order chi connectivity index (χ1) is 8.34. The lowest BCUT2D eigenvalue weighted by atomic mass is 10.3. The van der Waals surface area contributed by atoms with E-state index in [0.29, 0.717) is 28.7 Å². The summed E-state index contributed by atoms with van der Waals surface area (Å²) in [5.74, 6) is 0.537. The third-order valence-electron chi connectivity index (χ3n) is 3.34. The largest absolute Gasteiger partial charge is 0.281 e. The molecule has 0 aromatic carbocycles. The second-order valence-corrected chi connectivity index (χ2v) is 7.20. The summed E-state index contributed by atoms with van der Waals surface area (Å²) >= 11 is 0. The number of hydrogen-bond donors (Lipinski definition) is 1. The molecule has 1 aliphatic rings. The molecular weight excluding hydrogens is 250 g/mol. The van der Waals surface area contributed by atoms with Crippen LogP contribution in [0, 0.1) is 19.8 Å². The van der Waals surface area contributed by atoms with Gasteiger partial charge in [-0.15, -0.1) is 0 Å². The molecule has 1 heterocycles. The molecule has 1 aromatic heterocycles. The summed E-state index contributed by atoms with van der Waals surface area (Å²) in [5.41, 5.74) is 1.17. The number of nitrogens with one attached hydrogen (secondary N) is 1. The number of aromatic nitrogens is 2. The highest BCUT2D eigenvalue weighted by molar-refractivity contribution is 7.89. The van der Waals surface area contributed by atoms with Crippen molar-refractivity contribution < 1.29 is 8.42 Å². The highest BCUT2D eigenvalue weighted by Gasteiger charge is 2.35. The minimum atomic E-state index is -3.43. The molecule has 2 rings (SSSR count). The number of H-pyrrole nitrogens is 1. The van der Waals surface area contributed by atoms with Gasteiger partial charge in [0.25, 0.3) is 0 Å². The summed E-state index contributed by atoms with van der Waals surface area (Å²) in [4.78, 5) is 0.344. The molecule has 18 heavy (non-hydrogen) atoms. The zero-order valence-electron chi connectivity index (χ0n) is 11.4. The molecular formula is C12H21N3O2S. The van der Waals surface area contributed by atoms with E-state index >= 15 is 0 Å². The van der Waals surface area contributed by atoms with Crippen molar-refractivity contribution >= 4 is 10.0 Å². The van der Waals surface area contributed by atoms with Crippen LogP contribution in [0.4, 0.5) is 0 Å². The van der Waals surface area contributed by atoms with Crippen molar-refractivity contribution in [1.82, 2.24) is 14.5 Å². The number of nitrogens with zero attached hydrogens (tertiary/aromatic N) is 2. The molecule has 1 fully saturated rings. The molecule has 0 radical (unpaired) electrons. The zero-order chi connectivity index (χ0) is 13.5. The minimum absolute atomic E-state index is 0.0238. The molecule has 1 N–H and O–H groups in total. The van der Waals surface area contributed by atoms with Crippen LogP contribution < -0.4 is 0 Å². The van der Waals surface area contributed by atoms with Crippen LogP contribution in [0.15, 0.2) is 4.90 Å². The maximum atomic E-state index is 12.7. The van der Waals surface area contributed by atoms with Crippen molar-refractivity contribution in [3.8, 4) is 0 Å². The van der Waals surface area contributed by atoms with Crippen LogP contribution in [-0.4, -0.2) is 35.5 Å². The standard InChI is InChI=1S/C12H21N3O2S/c1-8(2)15(7-11-5-6-11)18(16,17)12-9(3)13-14-10(12)4/h8,11H,5-7H2,1-4H3,(H,13,14). The molecule has 102 valence electrons. The van der Waals surface area contributed by atoms with Gasteiger partial charge < -0.3 is 0 Å². The molecule has 1 saturated carbocycles. The Morgan fingerprint density at radius 3 is 2.39 bits per heavy atom. The van der Waals surface area contributed by atoms with Gasteiger partial charge in [0.2, 0.25) is 10.0 Å². The van der Waals surface area contributed by atoms with Gasteiger partial charge in [-0.25, -0.2) is 8.42 Å². The lowest BCUT2D eigenvalue weighted by Crippen LogP contribution is -2.38. The molecule has 1 aliphatic carbocycles. The van der Waals surface area contributed by atoms with Gasteiger partial charge >= 0.3 is 0 Å². The first-order valence-electron chi connectivity index (χ1n) is 6.37. The van der Waals surface area contributed by atoms with Crippen molar-refractivity contribution in [2.75, 3.05) is 6.54 Å². The Bertz CT molecular complexity index is 510. The van der Waals surface area contributed by atoms with E-state index in [-0.39, 0.29) is 6.04 Å². The lowest BCUT2D eigenvalue weighted by molar-refractivity contribution is 0.341. The first kappa shape index (κ1) is 13.5. The van der Waals surface area contributed by atoms with E-state index in [0.717, 1.165) is 12.8 Å². The van der Waals surface area contributed by atoms with Gasteiger partial charge in [-0.05, 0) is 46.5 Å². The van der Waals surface area contributed by atoms with Gasteiger partial charge in [-0.1, -0.05) is 0 Å². The molecule has 0 atom stereocenters. The monoisotopic (exact) mass is 271 g/mol. The van der Waals surface area contributed by atoms with E-state index in [4.69, 9.17) is 0 Å². The van der Waals surface area contributed by atoms with Crippen molar-refractivity contribution in [2.24, 2.45) is 5.92 Å². The maximum Gasteiger partial charge on any atom is 0.246 e. The quantitative estimate of drug-likeness (QED) is 0.888. The topological polar surface area (TPSA) is 66.1 Å². The summed E-state index contributed by atoms with van der Waals surface area (Å²) in [6.45, 7) is 7.95. The SMILES string of the molecule is Cc1n[nH]c(C)c1S(=O)(=O)N(CC1CC1)C(C)C. The predicted molar refractivity (Wildman–Crippen MR) is 69.8 cm³/mol. The van der Waals surface area contributed by atoms with E-state index < -0.39 is 10.0 Å². The predicted octanol–water partition coefficient (Wildman–Crippen LogP) is 1.84. The van der Waals surface area contributed by atoms with E-state index in [1.807, 2.05) is 13.8 Å². The molecule has 5 nitrogen and oxygen atoms in total. The number of sulfonamides is 1. The van der Waals surface area contributed by atoms with Crippen LogP contribution in [0.25, 0.3) is 0 Å². The van der Waals surface area contributed by atoms with Crippen molar-refractivity contribution in [1.29, 1.82) is 0 Å². The Kier molecular flexibility index (Phi) is 3.51. The molecule has 6 heteroatoms. The van der Waals surface area contributed by atoms with Gasteiger partial charge in [0.05, 0.1) is 11.4 Å². The third-order valence-corrected chi connectivity index (χ3v) is 5.64. The van der Waals surface area contributed by atoms with E-state index in [9.17, 15) is 8.42 Å². The van der Waals surface area contributed by atoms with Crippen LogP contribution in [0.1, 0.15) is 38.1 Å². The van der Waals surface area contributed by atoms with Gasteiger partial charge in [0.1, 0.15) is 4.90 Å². The first-order valence-corrected chi connectivity index (χ1v) is 7.81. The Morgan fingerprint density at radius 1 is 1.39 bits per heavy atom. The number of aromatic amines is 1. The fourth-order valence-electron chi connectivity index (χ4n) is 2.18. The summed E-state index contributed by atoms with van der Waals surface area (Å²) < 4.78 is 27.0. The molecule has 0 amide bonds. The number of hydrogen-bond acceptors (Lipinski definition) is 3. The van der Waals surface area contributed by atoms with E-state index in [2.05, 4.69) is 10.2 Å². The van der Waals surface area contributed by atoms with Gasteiger partial charge in [-0.2, -0.15) is 9.40 Å². The van der Waals surface area contributed by atoms with Gasteiger partial charge in [0, 0.05) is 12.6 Å². The molecule has 1 aromatic rings. The molecule has 0 spiro atoms. The second-order valence-electron chi connectivity index (χ2n) is 5.37. The van der Waals surface area contributed by atoms with Gasteiger partial charge in [-0.3, -0.25) is 5.10 Å². The van der Waals surface area contributed by atoms with Crippen molar-refractivity contribution in [3.05, 3.63) is 11.4 Å². The van der Waals surface area contributed by atoms with Crippen molar-refractivity contribution in [3.63, 3.8) is 0 Å². The Balaban J connectivity index is 2.38. The highest BCUT2D eigenvalue weighted by Crippen LogP contribution is 2.33. The minimum Gasteiger partial charge on any atom is -0.281 e. The van der Waals surface area contributed by atoms with Gasteiger partial charge in [0.15, 0.2) is 0 Å². The van der Waals surface area contributed by atoms with Crippen LogP contribution in [0.5, 0.6) is 0 Å². The summed E-state index contributed by atoms with van der Waals surface area (Å²) in [5, 5.41) is 6.74. The lowest BCUT2D eigenvalue weighted by Gasteiger charge is -2.26. The third kappa shape index (κ3) is 2.44. The number of rotatable bonds is 5. The summed E-state index contributed by atoms with van der Waals surface area (Å²) in [6.07, 6.45) is 2.28. The normalized spacial score (nSPS) is 16.8. The smallest absolute Gasteiger partial charge is 0.246 e. The van der Waals surface area contributed by atoms with Crippen LogP contribution in [-0.2, 0) is 10.0 Å². The zero-order valence-corrected chi connectivity index (χ0v) is 12.2. The Morgan fingerprint density at radius 2 is 2.00 bits per heavy atom. The Labute approximate surface area is 109 Å². The Hall–Kier alpha value is -0.880. The van der Waals surface area contributed by atoms with Crippen LogP contribution in [0.3, 0.4) is 0 Å². The van der Waals surface area contributed by atoms with E-state index in [1.165, 1.54) is 0 Å².